The summed E-state index contributed by atoms with van der Waals surface area (Å²) in [6, 6.07) is 1.93. The quantitative estimate of drug-likeness (QED) is 0.660. The zero-order chi connectivity index (χ0) is 10.1. The number of rotatable bonds is 1. The molecule has 1 aromatic heterocycles. The van der Waals surface area contributed by atoms with Crippen molar-refractivity contribution in [3.05, 3.63) is 18.1 Å². The Morgan fingerprint density at radius 1 is 1.31 bits per heavy atom. The van der Waals surface area contributed by atoms with Crippen LogP contribution < -0.4 is 4.90 Å². The van der Waals surface area contributed by atoms with Gasteiger partial charge in [-0.05, 0) is 33.8 Å². The van der Waals surface area contributed by atoms with Gasteiger partial charge in [0.2, 0.25) is 0 Å². The van der Waals surface area contributed by atoms with E-state index in [1.807, 2.05) is 20.0 Å². The van der Waals surface area contributed by atoms with E-state index in [1.165, 1.54) is 0 Å². The fraction of sp³-hybridized carbons (Fsp3) is 0.600. The normalized spacial score (nSPS) is 11.5. The van der Waals surface area contributed by atoms with Crippen molar-refractivity contribution in [3.8, 4) is 0 Å². The van der Waals surface area contributed by atoms with Crippen molar-refractivity contribution in [2.24, 2.45) is 0 Å². The van der Waals surface area contributed by atoms with Crippen LogP contribution in [0.2, 0.25) is 0 Å². The molecule has 3 heteroatoms. The maximum absolute atomic E-state index is 4.35. The average molecular weight is 179 g/mol. The van der Waals surface area contributed by atoms with E-state index in [2.05, 4.69) is 35.6 Å². The lowest BCUT2D eigenvalue weighted by Gasteiger charge is -2.32. The molecule has 0 saturated heterocycles. The molecule has 0 spiro atoms. The monoisotopic (exact) mass is 179 g/mol. The van der Waals surface area contributed by atoms with E-state index in [-0.39, 0.29) is 5.54 Å². The van der Waals surface area contributed by atoms with Gasteiger partial charge in [-0.1, -0.05) is 0 Å². The van der Waals surface area contributed by atoms with Gasteiger partial charge in [-0.25, -0.2) is 9.97 Å². The second-order valence-electron chi connectivity index (χ2n) is 4.19. The van der Waals surface area contributed by atoms with E-state index < -0.39 is 0 Å². The maximum Gasteiger partial charge on any atom is 0.132 e. The first-order chi connectivity index (χ1) is 5.91. The molecule has 0 radical (unpaired) electrons. The molecule has 1 aromatic rings. The molecule has 0 N–H and O–H groups in total. The largest absolute Gasteiger partial charge is 0.355 e. The molecule has 1 rings (SSSR count). The number of aryl methyl sites for hydroxylation is 1. The summed E-state index contributed by atoms with van der Waals surface area (Å²) < 4.78 is 0. The fourth-order valence-electron chi connectivity index (χ4n) is 0.974. The average Bonchev–Trinajstić information content (AvgIpc) is 2.01. The van der Waals surface area contributed by atoms with E-state index >= 15 is 0 Å². The summed E-state index contributed by atoms with van der Waals surface area (Å²) in [5, 5.41) is 0. The molecule has 0 aliphatic heterocycles. The number of hydrogen-bond donors (Lipinski definition) is 0. The van der Waals surface area contributed by atoms with Crippen molar-refractivity contribution in [2.75, 3.05) is 11.9 Å². The molecule has 0 aliphatic rings. The smallest absolute Gasteiger partial charge is 0.132 e. The number of nitrogens with zero attached hydrogens (tertiary/aromatic N) is 3. The van der Waals surface area contributed by atoms with Crippen LogP contribution in [0.3, 0.4) is 0 Å². The Kier molecular flexibility index (Phi) is 2.55. The van der Waals surface area contributed by atoms with Crippen LogP contribution in [0.4, 0.5) is 5.82 Å². The van der Waals surface area contributed by atoms with Gasteiger partial charge in [0, 0.05) is 18.8 Å². The third kappa shape index (κ3) is 2.41. The highest BCUT2D eigenvalue weighted by molar-refractivity contribution is 5.39. The lowest BCUT2D eigenvalue weighted by atomic mass is 10.1. The zero-order valence-electron chi connectivity index (χ0n) is 9.00. The van der Waals surface area contributed by atoms with Gasteiger partial charge < -0.3 is 4.90 Å². The second kappa shape index (κ2) is 3.32. The van der Waals surface area contributed by atoms with Crippen LogP contribution in [0, 0.1) is 6.92 Å². The molecule has 0 bridgehead atoms. The minimum absolute atomic E-state index is 0.0980. The number of hydrogen-bond acceptors (Lipinski definition) is 3. The van der Waals surface area contributed by atoms with Crippen LogP contribution >= 0.6 is 0 Å². The van der Waals surface area contributed by atoms with Gasteiger partial charge in [0.1, 0.15) is 11.6 Å². The van der Waals surface area contributed by atoms with Gasteiger partial charge in [0.05, 0.1) is 0 Å². The Bertz CT molecular complexity index is 288. The lowest BCUT2D eigenvalue weighted by molar-refractivity contribution is 0.533. The predicted octanol–water partition coefficient (Wildman–Crippen LogP) is 2.02. The summed E-state index contributed by atoms with van der Waals surface area (Å²) in [6.07, 6.45) is 1.79. The van der Waals surface area contributed by atoms with Crippen LogP contribution in [0.25, 0.3) is 0 Å². The molecule has 1 heterocycles. The van der Waals surface area contributed by atoms with E-state index in [4.69, 9.17) is 0 Å². The Balaban J connectivity index is 2.96. The molecule has 0 fully saturated rings. The molecule has 0 unspecified atom stereocenters. The summed E-state index contributed by atoms with van der Waals surface area (Å²) in [6.45, 7) is 8.37. The zero-order valence-corrected chi connectivity index (χ0v) is 9.00. The maximum atomic E-state index is 4.35. The summed E-state index contributed by atoms with van der Waals surface area (Å²) >= 11 is 0. The highest BCUT2D eigenvalue weighted by atomic mass is 15.2. The molecule has 13 heavy (non-hydrogen) atoms. The van der Waals surface area contributed by atoms with Gasteiger partial charge in [-0.15, -0.1) is 0 Å². The van der Waals surface area contributed by atoms with Crippen LogP contribution in [-0.2, 0) is 0 Å². The Hall–Kier alpha value is -1.12. The molecule has 0 amide bonds. The first-order valence-electron chi connectivity index (χ1n) is 4.45. The lowest BCUT2D eigenvalue weighted by Crippen LogP contribution is -2.38. The van der Waals surface area contributed by atoms with Gasteiger partial charge in [-0.2, -0.15) is 0 Å². The van der Waals surface area contributed by atoms with Crippen molar-refractivity contribution >= 4 is 5.82 Å². The molecular formula is C10H17N3. The van der Waals surface area contributed by atoms with E-state index in [9.17, 15) is 0 Å². The van der Waals surface area contributed by atoms with Crippen LogP contribution in [0.15, 0.2) is 12.3 Å². The highest BCUT2D eigenvalue weighted by Gasteiger charge is 2.18. The molecule has 72 valence electrons. The Labute approximate surface area is 79.8 Å². The van der Waals surface area contributed by atoms with Crippen LogP contribution in [0.5, 0.6) is 0 Å². The molecule has 3 nitrogen and oxygen atoms in total. The minimum atomic E-state index is 0.0980. The number of anilines is 1. The fourth-order valence-corrected chi connectivity index (χ4v) is 0.974. The first-order valence-corrected chi connectivity index (χ1v) is 4.45. The van der Waals surface area contributed by atoms with Gasteiger partial charge >= 0.3 is 0 Å². The highest BCUT2D eigenvalue weighted by Crippen LogP contribution is 2.18. The van der Waals surface area contributed by atoms with E-state index in [0.29, 0.717) is 0 Å². The van der Waals surface area contributed by atoms with Gasteiger partial charge in [-0.3, -0.25) is 0 Å². The Morgan fingerprint density at radius 2 is 1.92 bits per heavy atom. The van der Waals surface area contributed by atoms with E-state index in [1.54, 1.807) is 6.20 Å². The van der Waals surface area contributed by atoms with Gasteiger partial charge in [0.15, 0.2) is 0 Å². The van der Waals surface area contributed by atoms with E-state index in [0.717, 1.165) is 11.6 Å². The predicted molar refractivity (Wildman–Crippen MR) is 54.9 cm³/mol. The van der Waals surface area contributed by atoms with Gasteiger partial charge in [0.25, 0.3) is 0 Å². The summed E-state index contributed by atoms with van der Waals surface area (Å²) in [7, 11) is 2.04. The van der Waals surface area contributed by atoms with Crippen molar-refractivity contribution < 1.29 is 0 Å². The van der Waals surface area contributed by atoms with Crippen molar-refractivity contribution in [3.63, 3.8) is 0 Å². The molecule has 0 aromatic carbocycles. The third-order valence-electron chi connectivity index (χ3n) is 2.11. The molecule has 0 aliphatic carbocycles. The summed E-state index contributed by atoms with van der Waals surface area (Å²) in [5.41, 5.74) is 0.0980. The second-order valence-corrected chi connectivity index (χ2v) is 4.19. The van der Waals surface area contributed by atoms with Crippen molar-refractivity contribution in [1.29, 1.82) is 0 Å². The van der Waals surface area contributed by atoms with Crippen LogP contribution in [0.1, 0.15) is 26.6 Å². The van der Waals surface area contributed by atoms with Crippen molar-refractivity contribution in [1.82, 2.24) is 9.97 Å². The molecule has 0 saturated carbocycles. The standard InChI is InChI=1S/C10H17N3/c1-8-11-7-6-9(12-8)13(5)10(2,3)4/h6-7H,1-5H3. The molecular weight excluding hydrogens is 162 g/mol. The number of aromatic nitrogens is 2. The third-order valence-corrected chi connectivity index (χ3v) is 2.11. The minimum Gasteiger partial charge on any atom is -0.355 e. The molecule has 0 atom stereocenters. The van der Waals surface area contributed by atoms with Crippen LogP contribution in [-0.4, -0.2) is 22.6 Å². The SMILES string of the molecule is Cc1nccc(N(C)C(C)(C)C)n1. The Morgan fingerprint density at radius 3 is 2.38 bits per heavy atom. The van der Waals surface area contributed by atoms with Crippen molar-refractivity contribution in [2.45, 2.75) is 33.2 Å². The summed E-state index contributed by atoms with van der Waals surface area (Å²) in [4.78, 5) is 10.6. The first kappa shape index (κ1) is 9.96. The topological polar surface area (TPSA) is 29.0 Å². The summed E-state index contributed by atoms with van der Waals surface area (Å²) in [5.74, 6) is 1.79.